The van der Waals surface area contributed by atoms with E-state index in [1.807, 2.05) is 0 Å². The van der Waals surface area contributed by atoms with Gasteiger partial charge in [0.15, 0.2) is 5.82 Å². The molecule has 0 saturated heterocycles. The summed E-state index contributed by atoms with van der Waals surface area (Å²) in [5.41, 5.74) is 0.262. The summed E-state index contributed by atoms with van der Waals surface area (Å²) in [6.45, 7) is 0.0852. The van der Waals surface area contributed by atoms with E-state index in [1.54, 1.807) is 22.6 Å². The Hall–Kier alpha value is 0.0600. The molecule has 1 aromatic rings. The van der Waals surface area contributed by atoms with Crippen molar-refractivity contribution in [3.63, 3.8) is 0 Å². The fourth-order valence-electron chi connectivity index (χ4n) is 0.882. The van der Waals surface area contributed by atoms with Crippen molar-refractivity contribution in [3.8, 4) is 0 Å². The highest BCUT2D eigenvalue weighted by Crippen LogP contribution is 2.26. The molecule has 1 nitrogen and oxygen atoms in total. The van der Waals surface area contributed by atoms with E-state index in [9.17, 15) is 8.78 Å². The lowest BCUT2D eigenvalue weighted by Crippen LogP contribution is -1.98. The van der Waals surface area contributed by atoms with Crippen LogP contribution in [0, 0.1) is 15.2 Å². The highest BCUT2D eigenvalue weighted by atomic mass is 127. The van der Waals surface area contributed by atoms with Gasteiger partial charge >= 0.3 is 0 Å². The lowest BCUT2D eigenvalue weighted by Gasteiger charge is -2.05. The van der Waals surface area contributed by atoms with Crippen LogP contribution in [-0.2, 0) is 11.3 Å². The maximum absolute atomic E-state index is 13.2. The first-order valence-electron chi connectivity index (χ1n) is 3.38. The van der Waals surface area contributed by atoms with Crippen molar-refractivity contribution in [3.05, 3.63) is 31.9 Å². The van der Waals surface area contributed by atoms with Gasteiger partial charge in [0.1, 0.15) is 10.8 Å². The van der Waals surface area contributed by atoms with Gasteiger partial charge in [-0.15, -0.1) is 0 Å². The standard InChI is InChI=1S/C8H6ClF2IO/c1-13-3-4-2-5(12)8(11)6(9)7(4)10/h2H,3H2,1H3. The van der Waals surface area contributed by atoms with Gasteiger partial charge in [-0.2, -0.15) is 0 Å². The third kappa shape index (κ3) is 2.30. The summed E-state index contributed by atoms with van der Waals surface area (Å²) in [6.07, 6.45) is 0. The second-order valence-electron chi connectivity index (χ2n) is 2.39. The topological polar surface area (TPSA) is 9.23 Å². The molecule has 1 rings (SSSR count). The molecule has 0 spiro atoms. The van der Waals surface area contributed by atoms with Crippen molar-refractivity contribution in [1.82, 2.24) is 0 Å². The molecular formula is C8H6ClF2IO. The average Bonchev–Trinajstić information content (AvgIpc) is 2.11. The minimum Gasteiger partial charge on any atom is -0.380 e. The fourth-order valence-corrected chi connectivity index (χ4v) is 1.91. The van der Waals surface area contributed by atoms with Crippen LogP contribution in [0.3, 0.4) is 0 Å². The van der Waals surface area contributed by atoms with Crippen LogP contribution < -0.4 is 0 Å². The van der Waals surface area contributed by atoms with Crippen LogP contribution in [0.2, 0.25) is 5.02 Å². The van der Waals surface area contributed by atoms with E-state index in [1.165, 1.54) is 13.2 Å². The monoisotopic (exact) mass is 318 g/mol. The van der Waals surface area contributed by atoms with E-state index in [-0.39, 0.29) is 15.7 Å². The Balaban J connectivity index is 3.24. The first-order valence-corrected chi connectivity index (χ1v) is 4.84. The summed E-state index contributed by atoms with van der Waals surface area (Å²) >= 11 is 7.16. The van der Waals surface area contributed by atoms with Gasteiger partial charge in [0, 0.05) is 12.7 Å². The number of benzene rings is 1. The zero-order valence-electron chi connectivity index (χ0n) is 6.70. The van der Waals surface area contributed by atoms with E-state index in [0.29, 0.717) is 0 Å². The number of methoxy groups -OCH3 is 1. The van der Waals surface area contributed by atoms with Crippen LogP contribution >= 0.6 is 34.2 Å². The first kappa shape index (κ1) is 11.1. The van der Waals surface area contributed by atoms with Gasteiger partial charge < -0.3 is 4.74 Å². The SMILES string of the molecule is COCc1cc(I)c(F)c(Cl)c1F. The zero-order chi connectivity index (χ0) is 10.0. The fraction of sp³-hybridized carbons (Fsp3) is 0.250. The van der Waals surface area contributed by atoms with Crippen LogP contribution in [0.25, 0.3) is 0 Å². The Bertz CT molecular complexity index is 330. The van der Waals surface area contributed by atoms with E-state index in [4.69, 9.17) is 16.3 Å². The Morgan fingerprint density at radius 1 is 1.46 bits per heavy atom. The van der Waals surface area contributed by atoms with E-state index < -0.39 is 16.7 Å². The molecule has 0 heterocycles. The van der Waals surface area contributed by atoms with Crippen LogP contribution in [0.5, 0.6) is 0 Å². The number of ether oxygens (including phenoxy) is 1. The molecular weight excluding hydrogens is 312 g/mol. The van der Waals surface area contributed by atoms with Gasteiger partial charge in [0.2, 0.25) is 0 Å². The number of rotatable bonds is 2. The Kier molecular flexibility index (Phi) is 3.87. The highest BCUT2D eigenvalue weighted by Gasteiger charge is 2.15. The molecule has 0 aliphatic heterocycles. The van der Waals surface area contributed by atoms with Crippen molar-refractivity contribution in [1.29, 1.82) is 0 Å². The van der Waals surface area contributed by atoms with Crippen LogP contribution in [0.1, 0.15) is 5.56 Å². The molecule has 0 bridgehead atoms. The average molecular weight is 318 g/mol. The minimum absolute atomic E-state index is 0.0852. The second kappa shape index (κ2) is 4.52. The summed E-state index contributed by atoms with van der Waals surface area (Å²) in [6, 6.07) is 1.38. The molecule has 0 aliphatic rings. The van der Waals surface area contributed by atoms with Crippen LogP contribution in [-0.4, -0.2) is 7.11 Å². The molecule has 0 fully saturated rings. The molecule has 0 aliphatic carbocycles. The van der Waals surface area contributed by atoms with E-state index >= 15 is 0 Å². The molecule has 13 heavy (non-hydrogen) atoms. The molecule has 0 N–H and O–H groups in total. The maximum Gasteiger partial charge on any atom is 0.158 e. The Morgan fingerprint density at radius 3 is 2.62 bits per heavy atom. The number of hydrogen-bond donors (Lipinski definition) is 0. The van der Waals surface area contributed by atoms with Crippen LogP contribution in [0.15, 0.2) is 6.07 Å². The lowest BCUT2D eigenvalue weighted by molar-refractivity contribution is 0.181. The second-order valence-corrected chi connectivity index (χ2v) is 3.93. The third-order valence-electron chi connectivity index (χ3n) is 1.48. The van der Waals surface area contributed by atoms with Crippen molar-refractivity contribution < 1.29 is 13.5 Å². The number of hydrogen-bond acceptors (Lipinski definition) is 1. The summed E-state index contributed by atoms with van der Waals surface area (Å²) in [7, 11) is 1.43. The van der Waals surface area contributed by atoms with Crippen molar-refractivity contribution in [2.75, 3.05) is 7.11 Å². The Labute approximate surface area is 93.2 Å². The smallest absolute Gasteiger partial charge is 0.158 e. The molecule has 0 radical (unpaired) electrons. The van der Waals surface area contributed by atoms with Gasteiger partial charge in [-0.3, -0.25) is 0 Å². The minimum atomic E-state index is -0.749. The maximum atomic E-state index is 13.2. The largest absolute Gasteiger partial charge is 0.380 e. The lowest BCUT2D eigenvalue weighted by atomic mass is 10.2. The first-order chi connectivity index (χ1) is 6.07. The number of halogens is 4. The molecule has 0 saturated carbocycles. The summed E-state index contributed by atoms with van der Waals surface area (Å²) in [5, 5.41) is -0.473. The van der Waals surface area contributed by atoms with Crippen molar-refractivity contribution >= 4 is 34.2 Å². The quantitative estimate of drug-likeness (QED) is 0.461. The summed E-state index contributed by atoms with van der Waals surface area (Å²) in [4.78, 5) is 0. The van der Waals surface area contributed by atoms with E-state index in [0.717, 1.165) is 0 Å². The Morgan fingerprint density at radius 2 is 2.08 bits per heavy atom. The molecule has 72 valence electrons. The van der Waals surface area contributed by atoms with Gasteiger partial charge in [-0.25, -0.2) is 8.78 Å². The van der Waals surface area contributed by atoms with Crippen LogP contribution in [0.4, 0.5) is 8.78 Å². The third-order valence-corrected chi connectivity index (χ3v) is 2.59. The van der Waals surface area contributed by atoms with Crippen molar-refractivity contribution in [2.45, 2.75) is 6.61 Å². The molecule has 0 atom stereocenters. The zero-order valence-corrected chi connectivity index (χ0v) is 9.62. The normalized spacial score (nSPS) is 10.5. The predicted octanol–water partition coefficient (Wildman–Crippen LogP) is 3.37. The van der Waals surface area contributed by atoms with Gasteiger partial charge in [-0.1, -0.05) is 11.6 Å². The molecule has 1 aromatic carbocycles. The summed E-state index contributed by atoms with van der Waals surface area (Å²) in [5.74, 6) is -1.47. The molecule has 0 amide bonds. The summed E-state index contributed by atoms with van der Waals surface area (Å²) < 4.78 is 31.2. The molecule has 0 aromatic heterocycles. The predicted molar refractivity (Wildman–Crippen MR) is 54.8 cm³/mol. The van der Waals surface area contributed by atoms with Gasteiger partial charge in [0.25, 0.3) is 0 Å². The highest BCUT2D eigenvalue weighted by molar-refractivity contribution is 14.1. The molecule has 0 unspecified atom stereocenters. The molecule has 5 heteroatoms. The van der Waals surface area contributed by atoms with Gasteiger partial charge in [-0.05, 0) is 28.7 Å². The van der Waals surface area contributed by atoms with Gasteiger partial charge in [0.05, 0.1) is 10.2 Å². The van der Waals surface area contributed by atoms with Crippen molar-refractivity contribution in [2.24, 2.45) is 0 Å². The van der Waals surface area contributed by atoms with E-state index in [2.05, 4.69) is 0 Å².